The van der Waals surface area contributed by atoms with Crippen molar-refractivity contribution in [1.29, 1.82) is 0 Å². The molecule has 1 aliphatic rings. The zero-order chi connectivity index (χ0) is 16.7. The standard InChI is InChI=1S/C17H19N5O2/c1-12-4-5-15(24-12)17(23)21-8-9-22-14(10-18-16(22)13(21)2)11-20-7-3-6-19-20/h3-7,10,13H,8-9,11H2,1-2H3/t13-/m1/s1. The molecule has 0 aliphatic carbocycles. The van der Waals surface area contributed by atoms with Gasteiger partial charge in [0.1, 0.15) is 11.6 Å². The largest absolute Gasteiger partial charge is 0.456 e. The molecular formula is C17H19N5O2. The highest BCUT2D eigenvalue weighted by Gasteiger charge is 2.32. The molecule has 124 valence electrons. The number of aryl methyl sites for hydroxylation is 1. The molecule has 0 N–H and O–H groups in total. The molecule has 0 fully saturated rings. The molecule has 0 bridgehead atoms. The van der Waals surface area contributed by atoms with Gasteiger partial charge in [0, 0.05) is 25.5 Å². The van der Waals surface area contributed by atoms with E-state index in [9.17, 15) is 4.79 Å². The second-order valence-electron chi connectivity index (χ2n) is 6.05. The number of carbonyl (C=O) groups excluding carboxylic acids is 1. The average Bonchev–Trinajstić information content (AvgIpc) is 3.30. The van der Waals surface area contributed by atoms with E-state index in [1.807, 2.05) is 48.0 Å². The summed E-state index contributed by atoms with van der Waals surface area (Å²) in [6.45, 7) is 5.88. The van der Waals surface area contributed by atoms with Crippen molar-refractivity contribution < 1.29 is 9.21 Å². The third-order valence-electron chi connectivity index (χ3n) is 4.47. The predicted octanol–water partition coefficient (Wildman–Crippen LogP) is 2.25. The zero-order valence-electron chi connectivity index (χ0n) is 13.7. The Bertz CT molecular complexity index is 862. The molecule has 0 unspecified atom stereocenters. The van der Waals surface area contributed by atoms with Crippen LogP contribution in [0.4, 0.5) is 0 Å². The van der Waals surface area contributed by atoms with E-state index in [1.54, 1.807) is 12.3 Å². The minimum atomic E-state index is -0.0944. The van der Waals surface area contributed by atoms with E-state index in [-0.39, 0.29) is 11.9 Å². The lowest BCUT2D eigenvalue weighted by molar-refractivity contribution is 0.0602. The molecule has 7 nitrogen and oxygen atoms in total. The van der Waals surface area contributed by atoms with Crippen molar-refractivity contribution in [3.63, 3.8) is 0 Å². The summed E-state index contributed by atoms with van der Waals surface area (Å²) in [6.07, 6.45) is 5.57. The third-order valence-corrected chi connectivity index (χ3v) is 4.47. The van der Waals surface area contributed by atoms with E-state index >= 15 is 0 Å². The van der Waals surface area contributed by atoms with E-state index in [4.69, 9.17) is 4.42 Å². The van der Waals surface area contributed by atoms with E-state index in [0.717, 1.165) is 23.8 Å². The van der Waals surface area contributed by atoms with Gasteiger partial charge in [-0.2, -0.15) is 5.10 Å². The maximum atomic E-state index is 12.7. The highest BCUT2D eigenvalue weighted by Crippen LogP contribution is 2.27. The summed E-state index contributed by atoms with van der Waals surface area (Å²) >= 11 is 0. The van der Waals surface area contributed by atoms with Crippen LogP contribution in [0.25, 0.3) is 0 Å². The van der Waals surface area contributed by atoms with Gasteiger partial charge in [0.15, 0.2) is 5.76 Å². The van der Waals surface area contributed by atoms with Gasteiger partial charge in [-0.15, -0.1) is 0 Å². The lowest BCUT2D eigenvalue weighted by Gasteiger charge is -2.33. The molecular weight excluding hydrogens is 306 g/mol. The maximum absolute atomic E-state index is 12.7. The van der Waals surface area contributed by atoms with Gasteiger partial charge in [0.05, 0.1) is 24.5 Å². The number of imidazole rings is 1. The Hall–Kier alpha value is -2.83. The Morgan fingerprint density at radius 2 is 2.25 bits per heavy atom. The molecule has 0 aromatic carbocycles. The molecule has 0 saturated heterocycles. The second kappa shape index (κ2) is 5.67. The smallest absolute Gasteiger partial charge is 0.290 e. The normalized spacial score (nSPS) is 17.1. The van der Waals surface area contributed by atoms with Crippen LogP contribution in [0.3, 0.4) is 0 Å². The number of aromatic nitrogens is 4. The zero-order valence-corrected chi connectivity index (χ0v) is 13.7. The molecule has 7 heteroatoms. The Kier molecular flexibility index (Phi) is 3.48. The third kappa shape index (κ3) is 2.42. The van der Waals surface area contributed by atoms with Crippen LogP contribution in [0.5, 0.6) is 0 Å². The summed E-state index contributed by atoms with van der Waals surface area (Å²) in [7, 11) is 0. The van der Waals surface area contributed by atoms with Crippen molar-refractivity contribution >= 4 is 5.91 Å². The van der Waals surface area contributed by atoms with E-state index < -0.39 is 0 Å². The van der Waals surface area contributed by atoms with E-state index in [2.05, 4.69) is 14.6 Å². The Labute approximate surface area is 139 Å². The van der Waals surface area contributed by atoms with Gasteiger partial charge in [0.2, 0.25) is 0 Å². The van der Waals surface area contributed by atoms with Gasteiger partial charge >= 0.3 is 0 Å². The molecule has 3 aromatic rings. The van der Waals surface area contributed by atoms with Crippen molar-refractivity contribution in [1.82, 2.24) is 24.2 Å². The first-order valence-corrected chi connectivity index (χ1v) is 8.02. The minimum absolute atomic E-state index is 0.0847. The molecule has 0 spiro atoms. The van der Waals surface area contributed by atoms with Gasteiger partial charge in [-0.3, -0.25) is 9.48 Å². The summed E-state index contributed by atoms with van der Waals surface area (Å²) in [6, 6.07) is 5.35. The van der Waals surface area contributed by atoms with Crippen LogP contribution in [-0.2, 0) is 13.1 Å². The summed E-state index contributed by atoms with van der Waals surface area (Å²) in [4.78, 5) is 19.0. The first-order valence-electron chi connectivity index (χ1n) is 8.02. The van der Waals surface area contributed by atoms with Crippen LogP contribution >= 0.6 is 0 Å². The average molecular weight is 325 g/mol. The van der Waals surface area contributed by atoms with Crippen LogP contribution < -0.4 is 0 Å². The van der Waals surface area contributed by atoms with E-state index in [1.165, 1.54) is 0 Å². The molecule has 1 amide bonds. The fourth-order valence-electron chi connectivity index (χ4n) is 3.21. The Morgan fingerprint density at radius 3 is 2.96 bits per heavy atom. The summed E-state index contributed by atoms with van der Waals surface area (Å²) < 4.78 is 9.54. The van der Waals surface area contributed by atoms with Crippen molar-refractivity contribution in [2.45, 2.75) is 33.0 Å². The molecule has 1 aliphatic heterocycles. The number of hydrogen-bond acceptors (Lipinski definition) is 4. The fourth-order valence-corrected chi connectivity index (χ4v) is 3.21. The molecule has 24 heavy (non-hydrogen) atoms. The fraction of sp³-hybridized carbons (Fsp3) is 0.353. The van der Waals surface area contributed by atoms with Gasteiger partial charge < -0.3 is 13.9 Å². The van der Waals surface area contributed by atoms with Gasteiger partial charge in [0.25, 0.3) is 5.91 Å². The second-order valence-corrected chi connectivity index (χ2v) is 6.05. The molecule has 4 heterocycles. The van der Waals surface area contributed by atoms with Crippen molar-refractivity contribution in [3.05, 3.63) is 59.8 Å². The number of furan rings is 1. The quantitative estimate of drug-likeness (QED) is 0.740. The van der Waals surface area contributed by atoms with Crippen molar-refractivity contribution in [3.8, 4) is 0 Å². The molecule has 3 aromatic heterocycles. The predicted molar refractivity (Wildman–Crippen MR) is 86.5 cm³/mol. The van der Waals surface area contributed by atoms with Crippen LogP contribution in [0, 0.1) is 6.92 Å². The number of carbonyl (C=O) groups is 1. The van der Waals surface area contributed by atoms with Crippen molar-refractivity contribution in [2.75, 3.05) is 6.54 Å². The van der Waals surface area contributed by atoms with Gasteiger partial charge in [-0.05, 0) is 32.0 Å². The van der Waals surface area contributed by atoms with Crippen LogP contribution in [-0.4, -0.2) is 36.7 Å². The minimum Gasteiger partial charge on any atom is -0.456 e. The lowest BCUT2D eigenvalue weighted by Crippen LogP contribution is -2.41. The SMILES string of the molecule is Cc1ccc(C(=O)N2CCn3c(Cn4cccn4)cnc3[C@H]2C)o1. The monoisotopic (exact) mass is 325 g/mol. The van der Waals surface area contributed by atoms with Gasteiger partial charge in [-0.25, -0.2) is 4.98 Å². The number of amides is 1. The van der Waals surface area contributed by atoms with Gasteiger partial charge in [-0.1, -0.05) is 0 Å². The number of hydrogen-bond donors (Lipinski definition) is 0. The summed E-state index contributed by atoms with van der Waals surface area (Å²) in [5, 5.41) is 4.24. The molecule has 4 rings (SSSR count). The first-order chi connectivity index (χ1) is 11.6. The molecule has 1 atom stereocenters. The summed E-state index contributed by atoms with van der Waals surface area (Å²) in [5.41, 5.74) is 1.10. The van der Waals surface area contributed by atoms with Crippen LogP contribution in [0.2, 0.25) is 0 Å². The first kappa shape index (κ1) is 14.7. The topological polar surface area (TPSA) is 69.1 Å². The maximum Gasteiger partial charge on any atom is 0.290 e. The number of nitrogens with zero attached hydrogens (tertiary/aromatic N) is 5. The highest BCUT2D eigenvalue weighted by molar-refractivity contribution is 5.91. The molecule has 0 radical (unpaired) electrons. The van der Waals surface area contributed by atoms with Crippen LogP contribution in [0.1, 0.15) is 40.8 Å². The highest BCUT2D eigenvalue weighted by atomic mass is 16.3. The Balaban J connectivity index is 1.58. The summed E-state index contributed by atoms with van der Waals surface area (Å²) in [5.74, 6) is 1.95. The number of fused-ring (bicyclic) bond motifs is 1. The Morgan fingerprint density at radius 1 is 1.38 bits per heavy atom. The van der Waals surface area contributed by atoms with Crippen molar-refractivity contribution in [2.24, 2.45) is 0 Å². The van der Waals surface area contributed by atoms with E-state index in [0.29, 0.717) is 18.8 Å². The van der Waals surface area contributed by atoms with Crippen LogP contribution in [0.15, 0.2) is 41.2 Å². The molecule has 0 saturated carbocycles. The lowest BCUT2D eigenvalue weighted by atomic mass is 10.2. The number of rotatable bonds is 3.